The van der Waals surface area contributed by atoms with Gasteiger partial charge in [-0.25, -0.2) is 19.2 Å². The van der Waals surface area contributed by atoms with Crippen molar-refractivity contribution in [3.05, 3.63) is 65.3 Å². The average Bonchev–Trinajstić information content (AvgIpc) is 3.29. The first-order chi connectivity index (χ1) is 14.1. The van der Waals surface area contributed by atoms with E-state index >= 15 is 0 Å². The largest absolute Gasteiger partial charge is 0.328 e. The summed E-state index contributed by atoms with van der Waals surface area (Å²) in [5, 5.41) is 3.30. The second-order valence-corrected chi connectivity index (χ2v) is 7.70. The van der Waals surface area contributed by atoms with Crippen LogP contribution in [0.1, 0.15) is 30.7 Å². The molecule has 0 radical (unpaired) electrons. The SMILES string of the molecule is O=C(Nc1ccc(F)cn1)N1c2nc(-c3cncc(Cl)c3)ccc2C2CCCC21. The highest BCUT2D eigenvalue weighted by molar-refractivity contribution is 6.30. The summed E-state index contributed by atoms with van der Waals surface area (Å²) in [6, 6.07) is 8.25. The van der Waals surface area contributed by atoms with Gasteiger partial charge in [0.1, 0.15) is 17.5 Å². The second kappa shape index (κ2) is 7.08. The highest BCUT2D eigenvalue weighted by Crippen LogP contribution is 2.49. The Kier molecular flexibility index (Phi) is 4.39. The minimum absolute atomic E-state index is 0.0608. The molecule has 2 aliphatic rings. The number of rotatable bonds is 2. The minimum Gasteiger partial charge on any atom is -0.292 e. The van der Waals surface area contributed by atoms with Crippen LogP contribution in [0.2, 0.25) is 5.02 Å². The Hall–Kier alpha value is -3.06. The van der Waals surface area contributed by atoms with Gasteiger partial charge in [0.15, 0.2) is 0 Å². The van der Waals surface area contributed by atoms with Gasteiger partial charge in [0, 0.05) is 35.5 Å². The molecule has 8 heteroatoms. The summed E-state index contributed by atoms with van der Waals surface area (Å²) in [7, 11) is 0. The summed E-state index contributed by atoms with van der Waals surface area (Å²) in [5.41, 5.74) is 2.57. The third-order valence-corrected chi connectivity index (χ3v) is 5.73. The Labute approximate surface area is 171 Å². The summed E-state index contributed by atoms with van der Waals surface area (Å²) in [4.78, 5) is 27.7. The van der Waals surface area contributed by atoms with E-state index in [2.05, 4.69) is 15.3 Å². The number of hydrogen-bond acceptors (Lipinski definition) is 4. The lowest BCUT2D eigenvalue weighted by Gasteiger charge is -2.24. The summed E-state index contributed by atoms with van der Waals surface area (Å²) >= 11 is 6.07. The molecule has 0 spiro atoms. The number of anilines is 2. The van der Waals surface area contributed by atoms with Crippen molar-refractivity contribution < 1.29 is 9.18 Å². The summed E-state index contributed by atoms with van der Waals surface area (Å²) in [5.74, 6) is 0.772. The monoisotopic (exact) mass is 409 g/mol. The number of amides is 2. The predicted octanol–water partition coefficient (Wildman–Crippen LogP) is 5.02. The normalized spacial score (nSPS) is 19.7. The number of aromatic nitrogens is 3. The Morgan fingerprint density at radius 2 is 2.07 bits per heavy atom. The van der Waals surface area contributed by atoms with Gasteiger partial charge in [-0.05, 0) is 37.1 Å². The van der Waals surface area contributed by atoms with Gasteiger partial charge in [-0.15, -0.1) is 0 Å². The lowest BCUT2D eigenvalue weighted by Crippen LogP contribution is -2.40. The molecule has 0 bridgehead atoms. The molecule has 1 N–H and O–H groups in total. The molecule has 0 aromatic carbocycles. The van der Waals surface area contributed by atoms with Crippen LogP contribution in [0.5, 0.6) is 0 Å². The zero-order valence-electron chi connectivity index (χ0n) is 15.3. The molecule has 2 unspecified atom stereocenters. The molecule has 1 aliphatic carbocycles. The smallest absolute Gasteiger partial charge is 0.292 e. The fraction of sp³-hybridized carbons (Fsp3) is 0.238. The van der Waals surface area contributed by atoms with E-state index in [9.17, 15) is 9.18 Å². The topological polar surface area (TPSA) is 71.0 Å². The number of hydrogen-bond donors (Lipinski definition) is 1. The van der Waals surface area contributed by atoms with E-state index in [-0.39, 0.29) is 18.0 Å². The fourth-order valence-corrected chi connectivity index (χ4v) is 4.46. The number of nitrogens with zero attached hydrogens (tertiary/aromatic N) is 4. The fourth-order valence-electron chi connectivity index (χ4n) is 4.29. The molecular formula is C21H17ClFN5O. The molecule has 5 rings (SSSR count). The maximum absolute atomic E-state index is 13.1. The van der Waals surface area contributed by atoms with Gasteiger partial charge < -0.3 is 0 Å². The molecule has 3 aromatic heterocycles. The molecule has 0 saturated heterocycles. The van der Waals surface area contributed by atoms with Gasteiger partial charge >= 0.3 is 6.03 Å². The van der Waals surface area contributed by atoms with E-state index in [0.29, 0.717) is 22.4 Å². The molecule has 29 heavy (non-hydrogen) atoms. The van der Waals surface area contributed by atoms with Crippen molar-refractivity contribution in [3.63, 3.8) is 0 Å². The van der Waals surface area contributed by atoms with E-state index in [0.717, 1.165) is 36.6 Å². The first-order valence-electron chi connectivity index (χ1n) is 9.44. The van der Waals surface area contributed by atoms with Crippen LogP contribution in [-0.4, -0.2) is 27.0 Å². The predicted molar refractivity (Wildman–Crippen MR) is 109 cm³/mol. The number of halogens is 2. The third-order valence-electron chi connectivity index (χ3n) is 5.53. The van der Waals surface area contributed by atoms with E-state index < -0.39 is 5.82 Å². The van der Waals surface area contributed by atoms with Gasteiger partial charge in [-0.1, -0.05) is 24.1 Å². The maximum atomic E-state index is 13.1. The van der Waals surface area contributed by atoms with Gasteiger partial charge in [0.25, 0.3) is 0 Å². The first kappa shape index (κ1) is 18.0. The number of carbonyl (C=O) groups is 1. The Bertz CT molecular complexity index is 1090. The summed E-state index contributed by atoms with van der Waals surface area (Å²) < 4.78 is 13.1. The van der Waals surface area contributed by atoms with E-state index in [1.807, 2.05) is 12.1 Å². The van der Waals surface area contributed by atoms with Crippen molar-refractivity contribution in [3.8, 4) is 11.3 Å². The van der Waals surface area contributed by atoms with Crippen molar-refractivity contribution >= 4 is 29.3 Å². The molecule has 4 heterocycles. The number of nitrogens with one attached hydrogen (secondary N) is 1. The van der Waals surface area contributed by atoms with Crippen LogP contribution >= 0.6 is 11.6 Å². The molecule has 3 aromatic rings. The summed E-state index contributed by atoms with van der Waals surface area (Å²) in [6.45, 7) is 0. The standard InChI is InChI=1S/C21H17ClFN5O/c22-13-8-12(9-24-10-13)17-6-5-16-15-2-1-3-18(15)28(20(16)26-17)21(29)27-19-7-4-14(23)11-25-19/h4-11,15,18H,1-3H2,(H,25,27,29). The maximum Gasteiger partial charge on any atom is 0.328 e. The Balaban J connectivity index is 1.52. The van der Waals surface area contributed by atoms with Crippen LogP contribution in [0, 0.1) is 5.82 Å². The Morgan fingerprint density at radius 3 is 2.86 bits per heavy atom. The molecule has 146 valence electrons. The molecular weight excluding hydrogens is 393 g/mol. The average molecular weight is 410 g/mol. The minimum atomic E-state index is -0.452. The molecule has 6 nitrogen and oxygen atoms in total. The second-order valence-electron chi connectivity index (χ2n) is 7.27. The Morgan fingerprint density at radius 1 is 1.17 bits per heavy atom. The number of pyridine rings is 3. The highest BCUT2D eigenvalue weighted by atomic mass is 35.5. The van der Waals surface area contributed by atoms with Crippen LogP contribution in [-0.2, 0) is 0 Å². The van der Waals surface area contributed by atoms with E-state index in [1.54, 1.807) is 23.4 Å². The lowest BCUT2D eigenvalue weighted by molar-refractivity contribution is 0.255. The number of carbonyl (C=O) groups excluding carboxylic acids is 1. The van der Waals surface area contributed by atoms with Crippen molar-refractivity contribution in [2.75, 3.05) is 10.2 Å². The number of fused-ring (bicyclic) bond motifs is 3. The van der Waals surface area contributed by atoms with Crippen LogP contribution < -0.4 is 10.2 Å². The summed E-state index contributed by atoms with van der Waals surface area (Å²) in [6.07, 6.45) is 7.35. The molecule has 1 aliphatic heterocycles. The zero-order chi connectivity index (χ0) is 20.0. The van der Waals surface area contributed by atoms with Gasteiger partial charge in [-0.3, -0.25) is 15.2 Å². The molecule has 1 fully saturated rings. The quantitative estimate of drug-likeness (QED) is 0.645. The van der Waals surface area contributed by atoms with E-state index in [1.165, 1.54) is 12.1 Å². The van der Waals surface area contributed by atoms with Crippen LogP contribution in [0.4, 0.5) is 20.8 Å². The molecule has 2 atom stereocenters. The van der Waals surface area contributed by atoms with Crippen LogP contribution in [0.25, 0.3) is 11.3 Å². The van der Waals surface area contributed by atoms with Crippen molar-refractivity contribution in [2.45, 2.75) is 31.2 Å². The van der Waals surface area contributed by atoms with Crippen LogP contribution in [0.15, 0.2) is 48.9 Å². The van der Waals surface area contributed by atoms with E-state index in [4.69, 9.17) is 16.6 Å². The van der Waals surface area contributed by atoms with Crippen molar-refractivity contribution in [1.29, 1.82) is 0 Å². The zero-order valence-corrected chi connectivity index (χ0v) is 16.1. The first-order valence-corrected chi connectivity index (χ1v) is 9.81. The van der Waals surface area contributed by atoms with Gasteiger partial charge in [-0.2, -0.15) is 0 Å². The molecule has 1 saturated carbocycles. The number of urea groups is 1. The van der Waals surface area contributed by atoms with Gasteiger partial charge in [0.2, 0.25) is 0 Å². The van der Waals surface area contributed by atoms with Crippen molar-refractivity contribution in [1.82, 2.24) is 15.0 Å². The van der Waals surface area contributed by atoms with Crippen molar-refractivity contribution in [2.24, 2.45) is 0 Å². The van der Waals surface area contributed by atoms with Crippen LogP contribution in [0.3, 0.4) is 0 Å². The lowest BCUT2D eigenvalue weighted by atomic mass is 9.98. The molecule has 2 amide bonds. The highest BCUT2D eigenvalue weighted by Gasteiger charge is 2.45. The van der Waals surface area contributed by atoms with Gasteiger partial charge in [0.05, 0.1) is 16.9 Å². The third kappa shape index (κ3) is 3.21.